The van der Waals surface area contributed by atoms with Gasteiger partial charge >= 0.3 is 5.97 Å². The number of imidazole rings is 1. The van der Waals surface area contributed by atoms with Crippen LogP contribution in [0.15, 0.2) is 4.60 Å². The van der Waals surface area contributed by atoms with Crippen molar-refractivity contribution in [1.29, 1.82) is 0 Å². The summed E-state index contributed by atoms with van der Waals surface area (Å²) in [7, 11) is 0. The molecule has 0 bridgehead atoms. The molecule has 0 spiro atoms. The van der Waals surface area contributed by atoms with Gasteiger partial charge in [-0.25, -0.2) is 9.78 Å². The minimum atomic E-state index is -0.743. The fourth-order valence-electron chi connectivity index (χ4n) is 3.02. The van der Waals surface area contributed by atoms with E-state index in [1.165, 1.54) is 0 Å². The van der Waals surface area contributed by atoms with Crippen molar-refractivity contribution >= 4 is 21.9 Å². The molecule has 6 heteroatoms. The summed E-state index contributed by atoms with van der Waals surface area (Å²) >= 11 is 3.48. The van der Waals surface area contributed by atoms with Gasteiger partial charge < -0.3 is 15.0 Å². The summed E-state index contributed by atoms with van der Waals surface area (Å²) in [5.74, 6) is 0.539. The lowest BCUT2D eigenvalue weighted by Crippen LogP contribution is -2.27. The average molecular weight is 314 g/mol. The lowest BCUT2D eigenvalue weighted by Gasteiger charge is -2.25. The summed E-state index contributed by atoms with van der Waals surface area (Å²) in [5, 5.41) is 12.7. The average Bonchev–Trinajstić information content (AvgIpc) is 2.97. The van der Waals surface area contributed by atoms with Gasteiger partial charge in [-0.05, 0) is 48.2 Å². The van der Waals surface area contributed by atoms with Crippen LogP contribution in [0.4, 0.5) is 0 Å². The van der Waals surface area contributed by atoms with Crippen molar-refractivity contribution in [3.63, 3.8) is 0 Å². The molecule has 0 saturated carbocycles. The van der Waals surface area contributed by atoms with Crippen molar-refractivity contribution in [2.75, 3.05) is 13.1 Å². The SMILES string of the molecule is O=C(O)C1CCCc2c(Br)nc(C3CCNC3)n21. The molecule has 2 N–H and O–H groups in total. The molecule has 1 aromatic rings. The maximum atomic E-state index is 11.4. The number of hydrogen-bond donors (Lipinski definition) is 2. The van der Waals surface area contributed by atoms with Gasteiger partial charge in [0.25, 0.3) is 0 Å². The molecule has 0 aliphatic carbocycles. The first-order chi connectivity index (χ1) is 8.68. The van der Waals surface area contributed by atoms with Gasteiger partial charge in [0, 0.05) is 12.5 Å². The molecule has 18 heavy (non-hydrogen) atoms. The zero-order chi connectivity index (χ0) is 12.7. The van der Waals surface area contributed by atoms with E-state index in [4.69, 9.17) is 0 Å². The quantitative estimate of drug-likeness (QED) is 0.872. The molecule has 5 nitrogen and oxygen atoms in total. The van der Waals surface area contributed by atoms with Crippen LogP contribution in [-0.4, -0.2) is 33.7 Å². The number of carboxylic acids is 1. The highest BCUT2D eigenvalue weighted by Crippen LogP contribution is 2.35. The van der Waals surface area contributed by atoms with Gasteiger partial charge in [-0.3, -0.25) is 0 Å². The number of aliphatic carboxylic acids is 1. The highest BCUT2D eigenvalue weighted by atomic mass is 79.9. The highest BCUT2D eigenvalue weighted by Gasteiger charge is 2.33. The van der Waals surface area contributed by atoms with E-state index in [9.17, 15) is 9.90 Å². The van der Waals surface area contributed by atoms with Gasteiger partial charge in [0.15, 0.2) is 0 Å². The molecular formula is C12H16BrN3O2. The molecule has 1 saturated heterocycles. The van der Waals surface area contributed by atoms with Crippen LogP contribution in [0, 0.1) is 0 Å². The number of nitrogens with zero attached hydrogens (tertiary/aromatic N) is 2. The second kappa shape index (κ2) is 4.66. The third kappa shape index (κ3) is 1.87. The van der Waals surface area contributed by atoms with E-state index in [0.29, 0.717) is 12.3 Å². The Bertz CT molecular complexity index is 480. The maximum Gasteiger partial charge on any atom is 0.326 e. The van der Waals surface area contributed by atoms with Gasteiger partial charge in [-0.2, -0.15) is 0 Å². The van der Waals surface area contributed by atoms with Crippen molar-refractivity contribution in [3.05, 3.63) is 16.1 Å². The van der Waals surface area contributed by atoms with Crippen LogP contribution in [0.1, 0.15) is 42.7 Å². The molecule has 0 radical (unpaired) electrons. The highest BCUT2D eigenvalue weighted by molar-refractivity contribution is 9.10. The van der Waals surface area contributed by atoms with Crippen molar-refractivity contribution in [3.8, 4) is 0 Å². The Morgan fingerprint density at radius 2 is 2.33 bits per heavy atom. The van der Waals surface area contributed by atoms with Crippen molar-refractivity contribution in [2.24, 2.45) is 0 Å². The van der Waals surface area contributed by atoms with Gasteiger partial charge in [0.05, 0.1) is 5.69 Å². The molecular weight excluding hydrogens is 298 g/mol. The van der Waals surface area contributed by atoms with E-state index in [2.05, 4.69) is 26.2 Å². The summed E-state index contributed by atoms with van der Waals surface area (Å²) in [5.41, 5.74) is 1.05. The summed E-state index contributed by atoms with van der Waals surface area (Å²) in [6.07, 6.45) is 3.58. The minimum absolute atomic E-state index is 0.343. The van der Waals surface area contributed by atoms with Crippen LogP contribution in [0.3, 0.4) is 0 Å². The van der Waals surface area contributed by atoms with E-state index < -0.39 is 12.0 Å². The monoisotopic (exact) mass is 313 g/mol. The number of nitrogens with one attached hydrogen (secondary N) is 1. The fourth-order valence-corrected chi connectivity index (χ4v) is 3.59. The second-order valence-electron chi connectivity index (χ2n) is 5.01. The second-order valence-corrected chi connectivity index (χ2v) is 5.76. The Morgan fingerprint density at radius 3 is 3.00 bits per heavy atom. The van der Waals surface area contributed by atoms with Gasteiger partial charge in [-0.15, -0.1) is 0 Å². The number of halogens is 1. The van der Waals surface area contributed by atoms with Crippen LogP contribution in [0.2, 0.25) is 0 Å². The molecule has 3 heterocycles. The maximum absolute atomic E-state index is 11.4. The largest absolute Gasteiger partial charge is 0.480 e. The first kappa shape index (κ1) is 12.2. The predicted octanol–water partition coefficient (Wildman–Crippen LogP) is 1.68. The van der Waals surface area contributed by atoms with Crippen LogP contribution in [0.5, 0.6) is 0 Å². The first-order valence-corrected chi connectivity index (χ1v) is 7.18. The Labute approximate surface area is 114 Å². The van der Waals surface area contributed by atoms with E-state index in [1.807, 2.05) is 4.57 Å². The number of aromatic nitrogens is 2. The smallest absolute Gasteiger partial charge is 0.326 e. The molecule has 0 aromatic carbocycles. The van der Waals surface area contributed by atoms with Crippen molar-refractivity contribution in [1.82, 2.24) is 14.9 Å². The summed E-state index contributed by atoms with van der Waals surface area (Å²) in [4.78, 5) is 16.0. The van der Waals surface area contributed by atoms with Gasteiger partial charge in [-0.1, -0.05) is 0 Å². The standard InChI is InChI=1S/C12H16BrN3O2/c13-10-8-2-1-3-9(12(17)18)16(8)11(15-10)7-4-5-14-6-7/h7,9,14H,1-6H2,(H,17,18). The lowest BCUT2D eigenvalue weighted by atomic mass is 10.0. The van der Waals surface area contributed by atoms with Gasteiger partial charge in [0.1, 0.15) is 16.5 Å². The van der Waals surface area contributed by atoms with E-state index in [1.54, 1.807) is 0 Å². The third-order valence-electron chi connectivity index (χ3n) is 3.90. The number of hydrogen-bond acceptors (Lipinski definition) is 3. The Morgan fingerprint density at radius 1 is 1.50 bits per heavy atom. The summed E-state index contributed by atoms with van der Waals surface area (Å²) in [6, 6.07) is -0.442. The molecule has 2 aliphatic rings. The van der Waals surface area contributed by atoms with Crippen LogP contribution in [0.25, 0.3) is 0 Å². The zero-order valence-electron chi connectivity index (χ0n) is 10.0. The van der Waals surface area contributed by atoms with E-state index in [-0.39, 0.29) is 0 Å². The fraction of sp³-hybridized carbons (Fsp3) is 0.667. The van der Waals surface area contributed by atoms with Crippen LogP contribution in [-0.2, 0) is 11.2 Å². The molecule has 0 amide bonds. The number of rotatable bonds is 2. The van der Waals surface area contributed by atoms with E-state index >= 15 is 0 Å². The Balaban J connectivity index is 2.07. The zero-order valence-corrected chi connectivity index (χ0v) is 11.6. The number of fused-ring (bicyclic) bond motifs is 1. The molecule has 1 fully saturated rings. The molecule has 1 aromatic heterocycles. The molecule has 98 valence electrons. The van der Waals surface area contributed by atoms with Crippen LogP contribution < -0.4 is 5.32 Å². The first-order valence-electron chi connectivity index (χ1n) is 6.38. The van der Waals surface area contributed by atoms with Crippen LogP contribution >= 0.6 is 15.9 Å². The van der Waals surface area contributed by atoms with Crippen molar-refractivity contribution in [2.45, 2.75) is 37.6 Å². The summed E-state index contributed by atoms with van der Waals surface area (Å²) < 4.78 is 2.79. The normalized spacial score (nSPS) is 27.2. The van der Waals surface area contributed by atoms with E-state index in [0.717, 1.165) is 48.5 Å². The molecule has 2 unspecified atom stereocenters. The molecule has 2 aliphatic heterocycles. The van der Waals surface area contributed by atoms with Gasteiger partial charge in [0.2, 0.25) is 0 Å². The molecule has 2 atom stereocenters. The lowest BCUT2D eigenvalue weighted by molar-refractivity contribution is -0.141. The third-order valence-corrected chi connectivity index (χ3v) is 4.54. The summed E-state index contributed by atoms with van der Waals surface area (Å²) in [6.45, 7) is 1.89. The molecule has 3 rings (SSSR count). The predicted molar refractivity (Wildman–Crippen MR) is 69.8 cm³/mol. The Kier molecular flexibility index (Phi) is 3.15. The van der Waals surface area contributed by atoms with Crippen molar-refractivity contribution < 1.29 is 9.90 Å². The number of carbonyl (C=O) groups is 1. The minimum Gasteiger partial charge on any atom is -0.480 e. The Hall–Kier alpha value is -0.880. The number of carboxylic acid groups (broad SMARTS) is 1. The topological polar surface area (TPSA) is 67.2 Å².